The minimum atomic E-state index is -0.0954. The highest BCUT2D eigenvalue weighted by Crippen LogP contribution is 2.26. The monoisotopic (exact) mass is 411 g/mol. The summed E-state index contributed by atoms with van der Waals surface area (Å²) in [6.07, 6.45) is 6.44. The maximum Gasteiger partial charge on any atom is 0.317 e. The number of ether oxygens (including phenoxy) is 1. The lowest BCUT2D eigenvalue weighted by atomic mass is 9.96. The van der Waals surface area contributed by atoms with Crippen LogP contribution < -0.4 is 15.4 Å². The molecule has 0 bridgehead atoms. The molecule has 3 amide bonds. The summed E-state index contributed by atoms with van der Waals surface area (Å²) in [5.41, 5.74) is 2.81. The Kier molecular flexibility index (Phi) is 6.57. The zero-order valence-corrected chi connectivity index (χ0v) is 17.2. The van der Waals surface area contributed by atoms with Crippen molar-refractivity contribution in [1.29, 1.82) is 0 Å². The standard InChI is InChI=1S/C23H29N3O4/c27-22(25-16-21-5-2-13-29-21)18-8-11-26(12-9-18)23(28)24-10-14-30-20-7-6-17-3-1-4-19(17)15-20/h2,5-7,13,15,18H,1,3-4,8-12,14,16H2,(H,24,28)(H,25,27). The van der Waals surface area contributed by atoms with Crippen LogP contribution >= 0.6 is 0 Å². The number of benzene rings is 1. The fourth-order valence-corrected chi connectivity index (χ4v) is 4.15. The number of amides is 3. The van der Waals surface area contributed by atoms with Crippen LogP contribution in [0.1, 0.15) is 36.1 Å². The molecule has 0 atom stereocenters. The van der Waals surface area contributed by atoms with Crippen molar-refractivity contribution < 1.29 is 18.7 Å². The summed E-state index contributed by atoms with van der Waals surface area (Å²) in [4.78, 5) is 26.4. The largest absolute Gasteiger partial charge is 0.492 e. The summed E-state index contributed by atoms with van der Waals surface area (Å²) in [6, 6.07) is 9.81. The third kappa shape index (κ3) is 5.14. The van der Waals surface area contributed by atoms with Crippen LogP contribution in [-0.2, 0) is 24.2 Å². The second kappa shape index (κ2) is 9.69. The van der Waals surface area contributed by atoms with Gasteiger partial charge in [-0.1, -0.05) is 6.07 Å². The number of rotatable bonds is 7. The Balaban J connectivity index is 1.12. The first-order valence-electron chi connectivity index (χ1n) is 10.8. The van der Waals surface area contributed by atoms with Crippen molar-refractivity contribution in [3.63, 3.8) is 0 Å². The molecule has 2 heterocycles. The molecule has 2 aliphatic rings. The molecular formula is C23H29N3O4. The zero-order chi connectivity index (χ0) is 20.8. The Morgan fingerprint density at radius 2 is 1.93 bits per heavy atom. The number of carbonyl (C=O) groups excluding carboxylic acids is 2. The van der Waals surface area contributed by atoms with Crippen LogP contribution in [0.4, 0.5) is 4.79 Å². The number of hydrogen-bond acceptors (Lipinski definition) is 4. The first kappa shape index (κ1) is 20.3. The predicted molar refractivity (Wildman–Crippen MR) is 112 cm³/mol. The second-order valence-electron chi connectivity index (χ2n) is 7.92. The number of aryl methyl sites for hydroxylation is 2. The third-order valence-electron chi connectivity index (χ3n) is 5.89. The van der Waals surface area contributed by atoms with E-state index >= 15 is 0 Å². The fourth-order valence-electron chi connectivity index (χ4n) is 4.15. The van der Waals surface area contributed by atoms with E-state index in [1.807, 2.05) is 12.1 Å². The van der Waals surface area contributed by atoms with Gasteiger partial charge in [0.25, 0.3) is 0 Å². The van der Waals surface area contributed by atoms with Gasteiger partial charge in [-0.05, 0) is 67.5 Å². The van der Waals surface area contributed by atoms with Crippen molar-refractivity contribution in [1.82, 2.24) is 15.5 Å². The summed E-state index contributed by atoms with van der Waals surface area (Å²) in [6.45, 7) is 2.46. The lowest BCUT2D eigenvalue weighted by molar-refractivity contribution is -0.126. The normalized spacial score (nSPS) is 16.2. The summed E-state index contributed by atoms with van der Waals surface area (Å²) in [5.74, 6) is 1.56. The van der Waals surface area contributed by atoms with Gasteiger partial charge in [0.1, 0.15) is 18.1 Å². The average molecular weight is 412 g/mol. The molecule has 0 saturated carbocycles. The first-order valence-corrected chi connectivity index (χ1v) is 10.8. The molecule has 7 heteroatoms. The van der Waals surface area contributed by atoms with Crippen LogP contribution in [0.15, 0.2) is 41.0 Å². The molecule has 1 aromatic carbocycles. The molecule has 1 aliphatic heterocycles. The Morgan fingerprint density at radius 1 is 1.10 bits per heavy atom. The number of urea groups is 1. The lowest BCUT2D eigenvalue weighted by Gasteiger charge is -2.31. The van der Waals surface area contributed by atoms with Crippen molar-refractivity contribution in [3.8, 4) is 5.75 Å². The van der Waals surface area contributed by atoms with Gasteiger partial charge < -0.3 is 24.7 Å². The molecule has 0 radical (unpaired) electrons. The predicted octanol–water partition coefficient (Wildman–Crippen LogP) is 2.89. The number of hydrogen-bond donors (Lipinski definition) is 2. The lowest BCUT2D eigenvalue weighted by Crippen LogP contribution is -2.47. The molecule has 1 fully saturated rings. The van der Waals surface area contributed by atoms with Crippen LogP contribution in [0.2, 0.25) is 0 Å². The summed E-state index contributed by atoms with van der Waals surface area (Å²) >= 11 is 0. The smallest absolute Gasteiger partial charge is 0.317 e. The zero-order valence-electron chi connectivity index (χ0n) is 17.2. The second-order valence-corrected chi connectivity index (χ2v) is 7.92. The van der Waals surface area contributed by atoms with E-state index in [2.05, 4.69) is 22.8 Å². The van der Waals surface area contributed by atoms with E-state index in [9.17, 15) is 9.59 Å². The van der Waals surface area contributed by atoms with Gasteiger partial charge in [0.15, 0.2) is 0 Å². The molecular weight excluding hydrogens is 382 g/mol. The van der Waals surface area contributed by atoms with E-state index in [0.717, 1.165) is 24.4 Å². The summed E-state index contributed by atoms with van der Waals surface area (Å²) in [5, 5.41) is 5.82. The molecule has 160 valence electrons. The highest BCUT2D eigenvalue weighted by Gasteiger charge is 2.27. The van der Waals surface area contributed by atoms with E-state index in [4.69, 9.17) is 9.15 Å². The van der Waals surface area contributed by atoms with Crippen molar-refractivity contribution in [2.24, 2.45) is 5.92 Å². The third-order valence-corrected chi connectivity index (χ3v) is 5.89. The van der Waals surface area contributed by atoms with Crippen molar-refractivity contribution in [2.45, 2.75) is 38.6 Å². The van der Waals surface area contributed by atoms with Crippen molar-refractivity contribution in [3.05, 3.63) is 53.5 Å². The SMILES string of the molecule is O=C(NCc1ccco1)C1CCN(C(=O)NCCOc2ccc3c(c2)CCC3)CC1. The molecule has 30 heavy (non-hydrogen) atoms. The highest BCUT2D eigenvalue weighted by molar-refractivity contribution is 5.79. The van der Waals surface area contributed by atoms with Crippen molar-refractivity contribution >= 4 is 11.9 Å². The first-order chi connectivity index (χ1) is 14.7. The van der Waals surface area contributed by atoms with Crippen LogP contribution in [0.5, 0.6) is 5.75 Å². The van der Waals surface area contributed by atoms with Crippen LogP contribution in [-0.4, -0.2) is 43.1 Å². The molecule has 0 spiro atoms. The molecule has 2 N–H and O–H groups in total. The fraction of sp³-hybridized carbons (Fsp3) is 0.478. The summed E-state index contributed by atoms with van der Waals surface area (Å²) in [7, 11) is 0. The number of nitrogens with one attached hydrogen (secondary N) is 2. The Hall–Kier alpha value is -2.96. The molecule has 7 nitrogen and oxygen atoms in total. The van der Waals surface area contributed by atoms with Gasteiger partial charge in [0.2, 0.25) is 5.91 Å². The molecule has 0 unspecified atom stereocenters. The Morgan fingerprint density at radius 3 is 2.73 bits per heavy atom. The molecule has 2 aromatic rings. The van der Waals surface area contributed by atoms with Gasteiger partial charge in [0.05, 0.1) is 19.4 Å². The highest BCUT2D eigenvalue weighted by atomic mass is 16.5. The van der Waals surface area contributed by atoms with Gasteiger partial charge in [-0.3, -0.25) is 4.79 Å². The van der Waals surface area contributed by atoms with Crippen LogP contribution in [0.25, 0.3) is 0 Å². The number of nitrogens with zero attached hydrogens (tertiary/aromatic N) is 1. The van der Waals surface area contributed by atoms with Crippen LogP contribution in [0, 0.1) is 5.92 Å². The number of piperidine rings is 1. The maximum atomic E-state index is 12.4. The van der Waals surface area contributed by atoms with E-state index in [1.165, 1.54) is 17.5 Å². The van der Waals surface area contributed by atoms with E-state index in [-0.39, 0.29) is 17.9 Å². The van der Waals surface area contributed by atoms with Crippen molar-refractivity contribution in [2.75, 3.05) is 26.2 Å². The van der Waals surface area contributed by atoms with Gasteiger partial charge in [-0.2, -0.15) is 0 Å². The quantitative estimate of drug-likeness (QED) is 0.687. The van der Waals surface area contributed by atoms with Gasteiger partial charge in [-0.15, -0.1) is 0 Å². The number of furan rings is 1. The van der Waals surface area contributed by atoms with Crippen LogP contribution in [0.3, 0.4) is 0 Å². The Bertz CT molecular complexity index is 857. The molecule has 1 aromatic heterocycles. The van der Waals surface area contributed by atoms with E-state index in [0.29, 0.717) is 45.6 Å². The molecule has 1 aliphatic carbocycles. The summed E-state index contributed by atoms with van der Waals surface area (Å²) < 4.78 is 11.0. The van der Waals surface area contributed by atoms with E-state index in [1.54, 1.807) is 17.2 Å². The Labute approximate surface area is 176 Å². The average Bonchev–Trinajstić information content (AvgIpc) is 3.46. The number of carbonyl (C=O) groups is 2. The number of fused-ring (bicyclic) bond motifs is 1. The maximum absolute atomic E-state index is 12.4. The van der Waals surface area contributed by atoms with Gasteiger partial charge in [-0.25, -0.2) is 4.79 Å². The topological polar surface area (TPSA) is 83.8 Å². The van der Waals surface area contributed by atoms with E-state index < -0.39 is 0 Å². The van der Waals surface area contributed by atoms with Gasteiger partial charge >= 0.3 is 6.03 Å². The minimum Gasteiger partial charge on any atom is -0.492 e. The minimum absolute atomic E-state index is 0.0224. The van der Waals surface area contributed by atoms with Gasteiger partial charge in [0, 0.05) is 19.0 Å². The number of likely N-dealkylation sites (tertiary alicyclic amines) is 1. The molecule has 1 saturated heterocycles. The molecule has 4 rings (SSSR count).